The summed E-state index contributed by atoms with van der Waals surface area (Å²) in [6.45, 7) is 2.89. The third kappa shape index (κ3) is 3.24. The van der Waals surface area contributed by atoms with Crippen LogP contribution in [0.4, 0.5) is 0 Å². The number of carbonyl (C=O) groups is 1. The van der Waals surface area contributed by atoms with E-state index in [1.807, 2.05) is 41.5 Å². The average molecular weight is 302 g/mol. The first-order valence-corrected chi connectivity index (χ1v) is 8.00. The molecule has 110 valence electrons. The van der Waals surface area contributed by atoms with E-state index in [0.717, 1.165) is 35.7 Å². The van der Waals surface area contributed by atoms with Crippen molar-refractivity contribution in [2.75, 3.05) is 13.2 Å². The van der Waals surface area contributed by atoms with Gasteiger partial charge >= 0.3 is 0 Å². The number of benzene rings is 1. The van der Waals surface area contributed by atoms with Crippen LogP contribution in [0.15, 0.2) is 35.8 Å². The van der Waals surface area contributed by atoms with Crippen molar-refractivity contribution in [3.8, 4) is 5.75 Å². The van der Waals surface area contributed by atoms with E-state index in [9.17, 15) is 4.79 Å². The van der Waals surface area contributed by atoms with Crippen molar-refractivity contribution in [3.05, 3.63) is 46.4 Å². The van der Waals surface area contributed by atoms with Crippen LogP contribution in [0.5, 0.6) is 5.75 Å². The van der Waals surface area contributed by atoms with Crippen LogP contribution < -0.4 is 4.74 Å². The molecule has 0 spiro atoms. The molecule has 1 fully saturated rings. The first-order chi connectivity index (χ1) is 10.2. The minimum atomic E-state index is 0.0363. The number of hydrogen-bond acceptors (Lipinski definition) is 4. The van der Waals surface area contributed by atoms with Gasteiger partial charge in [0, 0.05) is 18.1 Å². The molecule has 1 atom stereocenters. The fourth-order valence-corrected chi connectivity index (χ4v) is 3.44. The van der Waals surface area contributed by atoms with Crippen LogP contribution in [0.25, 0.3) is 0 Å². The lowest BCUT2D eigenvalue weighted by atomic mass is 10.2. The predicted octanol–water partition coefficient (Wildman–Crippen LogP) is 3.19. The van der Waals surface area contributed by atoms with Crippen LogP contribution in [0.3, 0.4) is 0 Å². The van der Waals surface area contributed by atoms with E-state index in [1.165, 1.54) is 0 Å². The predicted molar refractivity (Wildman–Crippen MR) is 82.5 cm³/mol. The summed E-state index contributed by atoms with van der Waals surface area (Å²) in [4.78, 5) is 18.6. The number of ether oxygens (including phenoxy) is 1. The Balaban J connectivity index is 1.62. The van der Waals surface area contributed by atoms with E-state index in [-0.39, 0.29) is 18.6 Å². The van der Waals surface area contributed by atoms with Crippen LogP contribution in [0, 0.1) is 6.92 Å². The van der Waals surface area contributed by atoms with Crippen molar-refractivity contribution in [3.63, 3.8) is 0 Å². The van der Waals surface area contributed by atoms with Gasteiger partial charge in [-0.2, -0.15) is 0 Å². The lowest BCUT2D eigenvalue weighted by molar-refractivity contribution is -0.134. The number of thiazole rings is 1. The van der Waals surface area contributed by atoms with Crippen LogP contribution in [-0.4, -0.2) is 28.9 Å². The minimum absolute atomic E-state index is 0.0363. The van der Waals surface area contributed by atoms with Crippen molar-refractivity contribution >= 4 is 17.2 Å². The van der Waals surface area contributed by atoms with Crippen molar-refractivity contribution in [1.82, 2.24) is 9.88 Å². The molecule has 2 aromatic rings. The maximum absolute atomic E-state index is 12.4. The third-order valence-corrected chi connectivity index (χ3v) is 4.54. The molecule has 0 N–H and O–H groups in total. The molecule has 1 aromatic carbocycles. The molecule has 1 amide bonds. The van der Waals surface area contributed by atoms with Gasteiger partial charge in [-0.25, -0.2) is 4.98 Å². The van der Waals surface area contributed by atoms with Gasteiger partial charge in [0.1, 0.15) is 10.8 Å². The average Bonchev–Trinajstić information content (AvgIpc) is 3.14. The van der Waals surface area contributed by atoms with Gasteiger partial charge < -0.3 is 9.64 Å². The second-order valence-electron chi connectivity index (χ2n) is 5.22. The molecule has 3 rings (SSSR count). The fraction of sp³-hybridized carbons (Fsp3) is 0.375. The number of aromatic nitrogens is 1. The van der Waals surface area contributed by atoms with Gasteiger partial charge in [0.2, 0.25) is 0 Å². The topological polar surface area (TPSA) is 42.4 Å². The highest BCUT2D eigenvalue weighted by atomic mass is 32.1. The molecule has 1 aromatic heterocycles. The highest BCUT2D eigenvalue weighted by molar-refractivity contribution is 7.09. The van der Waals surface area contributed by atoms with Gasteiger partial charge in [0.05, 0.1) is 6.04 Å². The molecular formula is C16H18N2O2S. The first-order valence-electron chi connectivity index (χ1n) is 7.12. The summed E-state index contributed by atoms with van der Waals surface area (Å²) in [6, 6.07) is 7.88. The molecule has 0 aliphatic carbocycles. The standard InChI is InChI=1S/C16H18N2O2S/c1-12-4-2-5-13(10-12)20-11-15(19)18-8-3-6-14(18)16-17-7-9-21-16/h2,4-5,7,9-10,14H,3,6,8,11H2,1H3. The number of carbonyl (C=O) groups excluding carboxylic acids is 1. The van der Waals surface area contributed by atoms with Crippen LogP contribution in [0.1, 0.15) is 29.5 Å². The van der Waals surface area contributed by atoms with Gasteiger partial charge in [0.15, 0.2) is 6.61 Å². The lowest BCUT2D eigenvalue weighted by Gasteiger charge is -2.23. The summed E-state index contributed by atoms with van der Waals surface area (Å²) in [5, 5.41) is 2.98. The number of hydrogen-bond donors (Lipinski definition) is 0. The summed E-state index contributed by atoms with van der Waals surface area (Å²) in [5.74, 6) is 0.780. The molecule has 5 heteroatoms. The molecule has 1 aliphatic rings. The van der Waals surface area contributed by atoms with E-state index >= 15 is 0 Å². The molecule has 21 heavy (non-hydrogen) atoms. The minimum Gasteiger partial charge on any atom is -0.484 e. The van der Waals surface area contributed by atoms with E-state index in [4.69, 9.17) is 4.74 Å². The number of nitrogens with zero attached hydrogens (tertiary/aromatic N) is 2. The second-order valence-corrected chi connectivity index (χ2v) is 6.15. The first kappa shape index (κ1) is 14.1. The van der Waals surface area contributed by atoms with Gasteiger partial charge in [-0.05, 0) is 37.5 Å². The largest absolute Gasteiger partial charge is 0.484 e. The zero-order chi connectivity index (χ0) is 14.7. The highest BCUT2D eigenvalue weighted by Crippen LogP contribution is 2.32. The van der Waals surface area contributed by atoms with Gasteiger partial charge in [-0.15, -0.1) is 11.3 Å². The Morgan fingerprint density at radius 1 is 1.52 bits per heavy atom. The van der Waals surface area contributed by atoms with Crippen LogP contribution >= 0.6 is 11.3 Å². The molecule has 0 radical (unpaired) electrons. The maximum atomic E-state index is 12.4. The summed E-state index contributed by atoms with van der Waals surface area (Å²) in [5.41, 5.74) is 1.13. The zero-order valence-electron chi connectivity index (χ0n) is 12.0. The molecule has 1 aliphatic heterocycles. The molecule has 4 nitrogen and oxygen atoms in total. The SMILES string of the molecule is Cc1cccc(OCC(=O)N2CCCC2c2nccs2)c1. The number of aryl methyl sites for hydroxylation is 1. The number of likely N-dealkylation sites (tertiary alicyclic amines) is 1. The smallest absolute Gasteiger partial charge is 0.261 e. The molecule has 0 saturated carbocycles. The molecule has 0 bridgehead atoms. The molecular weight excluding hydrogens is 284 g/mol. The molecule has 1 unspecified atom stereocenters. The normalized spacial score (nSPS) is 18.0. The maximum Gasteiger partial charge on any atom is 0.261 e. The van der Waals surface area contributed by atoms with Crippen molar-refractivity contribution in [1.29, 1.82) is 0 Å². The fourth-order valence-electron chi connectivity index (χ4n) is 2.65. The van der Waals surface area contributed by atoms with Crippen LogP contribution in [-0.2, 0) is 4.79 Å². The molecule has 2 heterocycles. The Kier molecular flexibility index (Phi) is 4.20. The summed E-state index contributed by atoms with van der Waals surface area (Å²) in [6.07, 6.45) is 3.81. The van der Waals surface area contributed by atoms with Gasteiger partial charge in [0.25, 0.3) is 5.91 Å². The van der Waals surface area contributed by atoms with Crippen molar-refractivity contribution in [2.24, 2.45) is 0 Å². The Bertz CT molecular complexity index is 612. The zero-order valence-corrected chi connectivity index (χ0v) is 12.8. The monoisotopic (exact) mass is 302 g/mol. The van der Waals surface area contributed by atoms with Crippen LogP contribution in [0.2, 0.25) is 0 Å². The Labute approximate surface area is 128 Å². The highest BCUT2D eigenvalue weighted by Gasteiger charge is 2.31. The van der Waals surface area contributed by atoms with Crippen molar-refractivity contribution < 1.29 is 9.53 Å². The number of rotatable bonds is 4. The lowest BCUT2D eigenvalue weighted by Crippen LogP contribution is -2.34. The summed E-state index contributed by atoms with van der Waals surface area (Å²) >= 11 is 1.61. The Morgan fingerprint density at radius 3 is 3.19 bits per heavy atom. The third-order valence-electron chi connectivity index (χ3n) is 3.66. The Hall–Kier alpha value is -1.88. The summed E-state index contributed by atoms with van der Waals surface area (Å²) < 4.78 is 5.62. The summed E-state index contributed by atoms with van der Waals surface area (Å²) in [7, 11) is 0. The quantitative estimate of drug-likeness (QED) is 0.871. The van der Waals surface area contributed by atoms with Gasteiger partial charge in [-0.1, -0.05) is 12.1 Å². The van der Waals surface area contributed by atoms with Crippen molar-refractivity contribution in [2.45, 2.75) is 25.8 Å². The second kappa shape index (κ2) is 6.26. The van der Waals surface area contributed by atoms with E-state index in [0.29, 0.717) is 0 Å². The van der Waals surface area contributed by atoms with Gasteiger partial charge in [-0.3, -0.25) is 4.79 Å². The van der Waals surface area contributed by atoms with E-state index in [1.54, 1.807) is 17.5 Å². The molecule has 1 saturated heterocycles. The Morgan fingerprint density at radius 2 is 2.43 bits per heavy atom. The van der Waals surface area contributed by atoms with E-state index in [2.05, 4.69) is 4.98 Å². The van der Waals surface area contributed by atoms with E-state index < -0.39 is 0 Å². The number of amides is 1.